The summed E-state index contributed by atoms with van der Waals surface area (Å²) < 4.78 is 4.17. The molecular weight excluding hydrogens is 282 g/mol. The summed E-state index contributed by atoms with van der Waals surface area (Å²) in [5.74, 6) is 0.345. The summed E-state index contributed by atoms with van der Waals surface area (Å²) in [6.45, 7) is 2.14. The zero-order valence-electron chi connectivity index (χ0n) is 10.9. The number of carbonyl (C=O) groups is 1. The first-order chi connectivity index (χ1) is 9.10. The lowest BCUT2D eigenvalue weighted by Gasteiger charge is -2.31. The van der Waals surface area contributed by atoms with Crippen LogP contribution in [0.3, 0.4) is 0 Å². The molecule has 1 aromatic heterocycles. The quantitative estimate of drug-likeness (QED) is 0.696. The summed E-state index contributed by atoms with van der Waals surface area (Å²) in [5.41, 5.74) is 11.0. The second kappa shape index (κ2) is 6.44. The van der Waals surface area contributed by atoms with Crippen molar-refractivity contribution >= 4 is 40.0 Å². The maximum atomic E-state index is 10.9. The van der Waals surface area contributed by atoms with Gasteiger partial charge in [0.05, 0.1) is 11.4 Å². The number of thioether (sulfide) groups is 1. The maximum Gasteiger partial charge on any atom is 0.231 e. The summed E-state index contributed by atoms with van der Waals surface area (Å²) in [7, 11) is 0. The van der Waals surface area contributed by atoms with Gasteiger partial charge in [-0.05, 0) is 30.6 Å². The number of nitrogens with zero attached hydrogens (tertiary/aromatic N) is 2. The Hall–Kier alpha value is -0.990. The minimum atomic E-state index is -0.258. The smallest absolute Gasteiger partial charge is 0.231 e. The Bertz CT molecular complexity index is 442. The number of piperidine rings is 1. The number of hydrogen-bond acceptors (Lipinski definition) is 7. The molecule has 19 heavy (non-hydrogen) atoms. The monoisotopic (exact) mass is 301 g/mol. The van der Waals surface area contributed by atoms with Crippen molar-refractivity contribution in [2.24, 2.45) is 5.73 Å². The first-order valence-electron chi connectivity index (χ1n) is 6.16. The molecule has 5 N–H and O–H groups in total. The topological polar surface area (TPSA) is 97.3 Å². The number of nitrogens with two attached hydrogens (primary N) is 2. The average Bonchev–Trinajstić information content (AvgIpc) is 2.71. The highest BCUT2D eigenvalue weighted by Gasteiger charge is 2.22. The largest absolute Gasteiger partial charge is 0.382 e. The number of nitrogens with one attached hydrogen (secondary N) is 1. The normalized spacial score (nSPS) is 17.5. The van der Waals surface area contributed by atoms with Crippen LogP contribution in [0.1, 0.15) is 12.8 Å². The molecule has 0 unspecified atom stereocenters. The highest BCUT2D eigenvalue weighted by atomic mass is 32.2. The molecule has 1 saturated heterocycles. The predicted octanol–water partition coefficient (Wildman–Crippen LogP) is 0.809. The average molecular weight is 301 g/mol. The van der Waals surface area contributed by atoms with Crippen LogP contribution in [-0.4, -0.2) is 47.1 Å². The molecule has 0 spiro atoms. The van der Waals surface area contributed by atoms with E-state index in [0.717, 1.165) is 35.8 Å². The molecule has 1 fully saturated rings. The van der Waals surface area contributed by atoms with Gasteiger partial charge in [-0.2, -0.15) is 4.37 Å². The number of carbonyl (C=O) groups excluding carboxylic acids is 1. The zero-order chi connectivity index (χ0) is 13.8. The van der Waals surface area contributed by atoms with Crippen LogP contribution in [0.4, 0.5) is 10.8 Å². The number of hydrogen-bond donors (Lipinski definition) is 3. The summed E-state index contributed by atoms with van der Waals surface area (Å²) in [6.07, 6.45) is 4.00. The molecule has 0 radical (unpaired) electrons. The van der Waals surface area contributed by atoms with Crippen LogP contribution in [0, 0.1) is 0 Å². The van der Waals surface area contributed by atoms with Crippen molar-refractivity contribution in [1.82, 2.24) is 9.27 Å². The van der Waals surface area contributed by atoms with E-state index in [2.05, 4.69) is 14.6 Å². The number of amides is 1. The molecule has 1 aliphatic rings. The maximum absolute atomic E-state index is 10.9. The van der Waals surface area contributed by atoms with E-state index in [-0.39, 0.29) is 5.91 Å². The van der Waals surface area contributed by atoms with Crippen molar-refractivity contribution in [3.8, 4) is 0 Å². The van der Waals surface area contributed by atoms with Crippen molar-refractivity contribution in [1.29, 1.82) is 0 Å². The Balaban J connectivity index is 1.87. The Morgan fingerprint density at radius 1 is 1.58 bits per heavy atom. The Kier molecular flexibility index (Phi) is 4.89. The van der Waals surface area contributed by atoms with E-state index in [9.17, 15) is 4.79 Å². The molecule has 0 aliphatic carbocycles. The molecule has 0 aromatic carbocycles. The van der Waals surface area contributed by atoms with E-state index < -0.39 is 0 Å². The number of primary amides is 1. The number of nitrogen functional groups attached to an aromatic ring is 1. The summed E-state index contributed by atoms with van der Waals surface area (Å²) >= 11 is 3.03. The van der Waals surface area contributed by atoms with E-state index in [0.29, 0.717) is 18.4 Å². The van der Waals surface area contributed by atoms with Crippen LogP contribution in [0.25, 0.3) is 0 Å². The van der Waals surface area contributed by atoms with E-state index in [4.69, 9.17) is 11.5 Å². The molecule has 2 rings (SSSR count). The number of rotatable bonds is 5. The minimum Gasteiger partial charge on any atom is -0.382 e. The summed E-state index contributed by atoms with van der Waals surface area (Å²) in [4.78, 5) is 14.0. The lowest BCUT2D eigenvalue weighted by atomic mass is 10.1. The van der Waals surface area contributed by atoms with E-state index in [1.165, 1.54) is 11.5 Å². The van der Waals surface area contributed by atoms with Crippen LogP contribution < -0.4 is 16.8 Å². The Morgan fingerprint density at radius 3 is 2.84 bits per heavy atom. The SMILES string of the molecule is CSc1c(N)nsc1NC1CCN(CC(N)=O)CC1. The minimum absolute atomic E-state index is 0.258. The molecule has 0 bridgehead atoms. The van der Waals surface area contributed by atoms with Crippen molar-refractivity contribution in [3.05, 3.63) is 0 Å². The van der Waals surface area contributed by atoms with Gasteiger partial charge in [0, 0.05) is 19.1 Å². The molecule has 1 aromatic rings. The first-order valence-corrected chi connectivity index (χ1v) is 8.16. The molecule has 0 saturated carbocycles. The van der Waals surface area contributed by atoms with Gasteiger partial charge in [0.15, 0.2) is 5.82 Å². The zero-order valence-corrected chi connectivity index (χ0v) is 12.5. The molecule has 8 heteroatoms. The van der Waals surface area contributed by atoms with Gasteiger partial charge in [-0.1, -0.05) is 0 Å². The third-order valence-electron chi connectivity index (χ3n) is 3.18. The second-order valence-electron chi connectivity index (χ2n) is 4.59. The van der Waals surface area contributed by atoms with Gasteiger partial charge in [-0.15, -0.1) is 11.8 Å². The fourth-order valence-electron chi connectivity index (χ4n) is 2.22. The van der Waals surface area contributed by atoms with E-state index >= 15 is 0 Å². The third-order valence-corrected chi connectivity index (χ3v) is 4.92. The predicted molar refractivity (Wildman–Crippen MR) is 80.6 cm³/mol. The molecule has 1 amide bonds. The third kappa shape index (κ3) is 3.74. The van der Waals surface area contributed by atoms with Crippen LogP contribution in [0.15, 0.2) is 4.90 Å². The second-order valence-corrected chi connectivity index (χ2v) is 6.18. The van der Waals surface area contributed by atoms with Crippen LogP contribution in [0.5, 0.6) is 0 Å². The Morgan fingerprint density at radius 2 is 2.26 bits per heavy atom. The molecule has 106 valence electrons. The van der Waals surface area contributed by atoms with Gasteiger partial charge in [0.1, 0.15) is 5.00 Å². The van der Waals surface area contributed by atoms with Crippen molar-refractivity contribution in [2.75, 3.05) is 36.9 Å². The number of likely N-dealkylation sites (tertiary alicyclic amines) is 1. The molecule has 1 aliphatic heterocycles. The molecular formula is C11H19N5OS2. The van der Waals surface area contributed by atoms with Gasteiger partial charge in [-0.25, -0.2) is 0 Å². The molecule has 0 atom stereocenters. The highest BCUT2D eigenvalue weighted by molar-refractivity contribution is 7.99. The van der Waals surface area contributed by atoms with E-state index in [1.807, 2.05) is 6.26 Å². The van der Waals surface area contributed by atoms with Crippen LogP contribution >= 0.6 is 23.3 Å². The number of anilines is 2. The van der Waals surface area contributed by atoms with Gasteiger partial charge in [0.2, 0.25) is 5.91 Å². The van der Waals surface area contributed by atoms with Gasteiger partial charge in [0.25, 0.3) is 0 Å². The molecule has 2 heterocycles. The van der Waals surface area contributed by atoms with Crippen LogP contribution in [0.2, 0.25) is 0 Å². The fourth-order valence-corrected chi connectivity index (χ4v) is 3.83. The Labute approximate surface area is 121 Å². The highest BCUT2D eigenvalue weighted by Crippen LogP contribution is 2.35. The fraction of sp³-hybridized carbons (Fsp3) is 0.636. The summed E-state index contributed by atoms with van der Waals surface area (Å²) in [5, 5.41) is 4.56. The lowest BCUT2D eigenvalue weighted by molar-refractivity contribution is -0.119. The van der Waals surface area contributed by atoms with Crippen molar-refractivity contribution < 1.29 is 4.79 Å². The van der Waals surface area contributed by atoms with Gasteiger partial charge >= 0.3 is 0 Å². The van der Waals surface area contributed by atoms with Crippen molar-refractivity contribution in [2.45, 2.75) is 23.8 Å². The van der Waals surface area contributed by atoms with Crippen LogP contribution in [-0.2, 0) is 4.79 Å². The van der Waals surface area contributed by atoms with Gasteiger partial charge in [-0.3, -0.25) is 9.69 Å². The summed E-state index contributed by atoms with van der Waals surface area (Å²) in [6, 6.07) is 0.412. The standard InChI is InChI=1S/C11H19N5OS2/c1-18-9-10(13)15-19-11(9)14-7-2-4-16(5-3-7)6-8(12)17/h7,14H,2-6H2,1H3,(H2,12,17)(H2,13,15). The lowest BCUT2D eigenvalue weighted by Crippen LogP contribution is -2.42. The molecule has 6 nitrogen and oxygen atoms in total. The number of aromatic nitrogens is 1. The first kappa shape index (κ1) is 14.4. The van der Waals surface area contributed by atoms with Gasteiger partial charge < -0.3 is 16.8 Å². The van der Waals surface area contributed by atoms with E-state index in [1.54, 1.807) is 11.8 Å². The van der Waals surface area contributed by atoms with Crippen molar-refractivity contribution in [3.63, 3.8) is 0 Å².